The maximum atomic E-state index is 13.5. The molecule has 0 spiro atoms. The Balaban J connectivity index is 0.00000156. The van der Waals surface area contributed by atoms with Crippen molar-refractivity contribution >= 4 is 30.5 Å². The number of alkyl halides is 1. The van der Waals surface area contributed by atoms with Crippen LogP contribution in [0, 0.1) is 0 Å². The molecule has 1 saturated heterocycles. The van der Waals surface area contributed by atoms with E-state index < -0.39 is 0 Å². The van der Waals surface area contributed by atoms with E-state index in [1.54, 1.807) is 0 Å². The molecule has 1 atom stereocenters. The second kappa shape index (κ2) is 11.3. The first-order chi connectivity index (χ1) is 11.4. The molecule has 0 amide bonds. The summed E-state index contributed by atoms with van der Waals surface area (Å²) in [6.45, 7) is 4.15. The maximum absolute atomic E-state index is 13.5. The van der Waals surface area contributed by atoms with Crippen molar-refractivity contribution in [3.05, 3.63) is 65.7 Å². The molecule has 2 N–H and O–H groups in total. The van der Waals surface area contributed by atoms with Gasteiger partial charge in [0.1, 0.15) is 6.67 Å². The third-order valence-corrected chi connectivity index (χ3v) is 4.37. The summed E-state index contributed by atoms with van der Waals surface area (Å²) < 4.78 is 13.5. The van der Waals surface area contributed by atoms with Gasteiger partial charge in [-0.25, -0.2) is 4.39 Å². The highest BCUT2D eigenvalue weighted by Crippen LogP contribution is 2.23. The van der Waals surface area contributed by atoms with Gasteiger partial charge in [0.15, 0.2) is 0 Å². The Bertz CT molecular complexity index is 589. The summed E-state index contributed by atoms with van der Waals surface area (Å²) in [4.78, 5) is 2.23. The third-order valence-electron chi connectivity index (χ3n) is 4.37. The number of rotatable bonds is 6. The van der Waals surface area contributed by atoms with Crippen molar-refractivity contribution in [3.63, 3.8) is 0 Å². The molecule has 0 aliphatic carbocycles. The number of benzene rings is 2. The zero-order valence-electron chi connectivity index (χ0n) is 14.2. The predicted molar refractivity (Wildman–Crippen MR) is 108 cm³/mol. The van der Waals surface area contributed by atoms with Crippen LogP contribution in [0.3, 0.4) is 0 Å². The first kappa shape index (κ1) is 21.7. The highest BCUT2D eigenvalue weighted by Gasteiger charge is 2.21. The Morgan fingerprint density at radius 2 is 1.60 bits per heavy atom. The van der Waals surface area contributed by atoms with E-state index in [-0.39, 0.29) is 37.5 Å². The second-order valence-electron chi connectivity index (χ2n) is 5.92. The summed E-state index contributed by atoms with van der Waals surface area (Å²) in [7, 11) is 0. The molecule has 1 aliphatic rings. The van der Waals surface area contributed by atoms with Crippen LogP contribution in [0.2, 0.25) is 0 Å². The van der Waals surface area contributed by atoms with Crippen molar-refractivity contribution < 1.29 is 4.39 Å². The van der Waals surface area contributed by atoms with Crippen LogP contribution >= 0.6 is 24.8 Å². The van der Waals surface area contributed by atoms with Gasteiger partial charge in [0.25, 0.3) is 0 Å². The number of hydrogen-bond acceptors (Lipinski definition) is 3. The Kier molecular flexibility index (Phi) is 9.83. The standard InChI is InChI=1S/C19H24FN3.2ClH/c20-14-19(23-12-10-21-11-13-23)17-6-8-18(9-7-17)22-15-16-4-2-1-3-5-16;;/h1-9,19,21-22H,10-15H2;2*1H/t19-;;/m0../s1. The van der Waals surface area contributed by atoms with Gasteiger partial charge >= 0.3 is 0 Å². The van der Waals surface area contributed by atoms with Gasteiger partial charge in [-0.2, -0.15) is 0 Å². The number of piperazine rings is 1. The molecule has 138 valence electrons. The second-order valence-corrected chi connectivity index (χ2v) is 5.92. The van der Waals surface area contributed by atoms with Crippen LogP contribution in [0.15, 0.2) is 54.6 Å². The lowest BCUT2D eigenvalue weighted by Crippen LogP contribution is -2.45. The average molecular weight is 386 g/mol. The fourth-order valence-corrected chi connectivity index (χ4v) is 3.01. The van der Waals surface area contributed by atoms with Crippen LogP contribution in [0.25, 0.3) is 0 Å². The lowest BCUT2D eigenvalue weighted by molar-refractivity contribution is 0.147. The largest absolute Gasteiger partial charge is 0.381 e. The maximum Gasteiger partial charge on any atom is 0.109 e. The summed E-state index contributed by atoms with van der Waals surface area (Å²) in [6.07, 6.45) is 0. The molecule has 3 rings (SSSR count). The van der Waals surface area contributed by atoms with Crippen molar-refractivity contribution in [1.82, 2.24) is 10.2 Å². The molecule has 0 saturated carbocycles. The minimum atomic E-state index is -0.337. The molecule has 0 unspecified atom stereocenters. The number of nitrogens with zero attached hydrogens (tertiary/aromatic N) is 1. The lowest BCUT2D eigenvalue weighted by Gasteiger charge is -2.33. The molecule has 1 aliphatic heterocycles. The first-order valence-corrected chi connectivity index (χ1v) is 8.25. The van der Waals surface area contributed by atoms with E-state index >= 15 is 0 Å². The van der Waals surface area contributed by atoms with Crippen LogP contribution in [0.1, 0.15) is 17.2 Å². The Hall–Kier alpha value is -1.33. The van der Waals surface area contributed by atoms with E-state index in [2.05, 4.69) is 27.7 Å². The van der Waals surface area contributed by atoms with Crippen molar-refractivity contribution in [3.8, 4) is 0 Å². The zero-order valence-corrected chi connectivity index (χ0v) is 15.8. The molecule has 2 aromatic carbocycles. The molecule has 0 aromatic heterocycles. The SMILES string of the molecule is Cl.Cl.FC[C@@H](c1ccc(NCc2ccccc2)cc1)N1CCNCC1. The lowest BCUT2D eigenvalue weighted by atomic mass is 10.0. The number of hydrogen-bond donors (Lipinski definition) is 2. The number of nitrogens with one attached hydrogen (secondary N) is 2. The van der Waals surface area contributed by atoms with Crippen LogP contribution in [0.4, 0.5) is 10.1 Å². The van der Waals surface area contributed by atoms with E-state index in [0.29, 0.717) is 0 Å². The highest BCUT2D eigenvalue weighted by molar-refractivity contribution is 5.85. The van der Waals surface area contributed by atoms with Crippen molar-refractivity contribution in [2.24, 2.45) is 0 Å². The zero-order chi connectivity index (χ0) is 15.9. The molecule has 0 radical (unpaired) electrons. The minimum absolute atomic E-state index is 0. The average Bonchev–Trinajstić information content (AvgIpc) is 2.63. The third kappa shape index (κ3) is 6.15. The quantitative estimate of drug-likeness (QED) is 0.784. The molecule has 0 bridgehead atoms. The van der Waals surface area contributed by atoms with Gasteiger partial charge in [-0.15, -0.1) is 24.8 Å². The van der Waals surface area contributed by atoms with Crippen LogP contribution in [-0.4, -0.2) is 37.8 Å². The molecular weight excluding hydrogens is 360 g/mol. The smallest absolute Gasteiger partial charge is 0.109 e. The van der Waals surface area contributed by atoms with Crippen LogP contribution in [0.5, 0.6) is 0 Å². The summed E-state index contributed by atoms with van der Waals surface area (Å²) in [5.74, 6) is 0. The minimum Gasteiger partial charge on any atom is -0.381 e. The molecule has 6 heteroatoms. The van der Waals surface area contributed by atoms with Gasteiger partial charge in [-0.3, -0.25) is 4.90 Å². The number of halogens is 3. The van der Waals surface area contributed by atoms with E-state index in [1.165, 1.54) is 5.56 Å². The summed E-state index contributed by atoms with van der Waals surface area (Å²) >= 11 is 0. The van der Waals surface area contributed by atoms with Crippen molar-refractivity contribution in [2.75, 3.05) is 38.2 Å². The van der Waals surface area contributed by atoms with Gasteiger partial charge in [0.2, 0.25) is 0 Å². The summed E-state index contributed by atoms with van der Waals surface area (Å²) in [6, 6.07) is 18.4. The van der Waals surface area contributed by atoms with Gasteiger partial charge in [-0.1, -0.05) is 42.5 Å². The van der Waals surface area contributed by atoms with E-state index in [4.69, 9.17) is 0 Å². The number of anilines is 1. The Morgan fingerprint density at radius 3 is 2.20 bits per heavy atom. The first-order valence-electron chi connectivity index (χ1n) is 8.25. The molecular formula is C19H26Cl2FN3. The normalized spacial score (nSPS) is 15.6. The Morgan fingerprint density at radius 1 is 0.960 bits per heavy atom. The van der Waals surface area contributed by atoms with Crippen molar-refractivity contribution in [1.29, 1.82) is 0 Å². The van der Waals surface area contributed by atoms with Gasteiger partial charge in [-0.05, 0) is 23.3 Å². The van der Waals surface area contributed by atoms with Crippen molar-refractivity contribution in [2.45, 2.75) is 12.6 Å². The van der Waals surface area contributed by atoms with Gasteiger partial charge < -0.3 is 10.6 Å². The molecule has 25 heavy (non-hydrogen) atoms. The molecule has 1 heterocycles. The highest BCUT2D eigenvalue weighted by atomic mass is 35.5. The monoisotopic (exact) mass is 385 g/mol. The summed E-state index contributed by atoms with van der Waals surface area (Å²) in [5, 5.41) is 6.72. The van der Waals surface area contributed by atoms with Gasteiger partial charge in [0, 0.05) is 38.4 Å². The van der Waals surface area contributed by atoms with Crippen LogP contribution in [-0.2, 0) is 6.54 Å². The fraction of sp³-hybridized carbons (Fsp3) is 0.368. The molecule has 1 fully saturated rings. The topological polar surface area (TPSA) is 27.3 Å². The van der Waals surface area contributed by atoms with Crippen LogP contribution < -0.4 is 10.6 Å². The van der Waals surface area contributed by atoms with E-state index in [1.807, 2.05) is 42.5 Å². The van der Waals surface area contributed by atoms with E-state index in [9.17, 15) is 4.39 Å². The molecule has 2 aromatic rings. The molecule has 3 nitrogen and oxygen atoms in total. The van der Waals surface area contributed by atoms with Gasteiger partial charge in [0.05, 0.1) is 6.04 Å². The van der Waals surface area contributed by atoms with E-state index in [0.717, 1.165) is 44.0 Å². The predicted octanol–water partition coefficient (Wildman–Crippen LogP) is 4.06. The Labute approximate surface area is 161 Å². The fourth-order valence-electron chi connectivity index (χ4n) is 3.01. The summed E-state index contributed by atoms with van der Waals surface area (Å²) in [5.41, 5.74) is 3.37.